The summed E-state index contributed by atoms with van der Waals surface area (Å²) in [5.41, 5.74) is 1.83. The normalized spacial score (nSPS) is 11.0. The van der Waals surface area contributed by atoms with Crippen molar-refractivity contribution in [3.63, 3.8) is 0 Å². The Bertz CT molecular complexity index is 285. The van der Waals surface area contributed by atoms with Gasteiger partial charge in [0.2, 0.25) is 0 Å². The smallest absolute Gasteiger partial charge is 0.124 e. The average Bonchev–Trinajstić information content (AvgIpc) is 2.03. The number of halogens is 2. The minimum absolute atomic E-state index is 0.189. The highest BCUT2D eigenvalue weighted by Gasteiger charge is 1.93. The van der Waals surface area contributed by atoms with Gasteiger partial charge in [-0.3, -0.25) is 0 Å². The van der Waals surface area contributed by atoms with Crippen molar-refractivity contribution >= 4 is 17.7 Å². The summed E-state index contributed by atoms with van der Waals surface area (Å²) in [5, 5.41) is 0. The Morgan fingerprint density at radius 2 is 2.15 bits per heavy atom. The highest BCUT2D eigenvalue weighted by molar-refractivity contribution is 6.17. The molecule has 1 aromatic rings. The van der Waals surface area contributed by atoms with Gasteiger partial charge in [-0.1, -0.05) is 18.2 Å². The zero-order chi connectivity index (χ0) is 9.68. The van der Waals surface area contributed by atoms with Gasteiger partial charge < -0.3 is 0 Å². The van der Waals surface area contributed by atoms with Crippen LogP contribution >= 0.6 is 11.6 Å². The fourth-order valence-electron chi connectivity index (χ4n) is 1.14. The van der Waals surface area contributed by atoms with Gasteiger partial charge in [-0.2, -0.15) is 0 Å². The molecule has 0 fully saturated rings. The Hall–Kier alpha value is -0.820. The third-order valence-electron chi connectivity index (χ3n) is 1.65. The maximum Gasteiger partial charge on any atom is 0.124 e. The molecular formula is C11H12ClF. The van der Waals surface area contributed by atoms with Gasteiger partial charge >= 0.3 is 0 Å². The topological polar surface area (TPSA) is 0 Å². The number of aryl methyl sites for hydroxylation is 1. The summed E-state index contributed by atoms with van der Waals surface area (Å²) >= 11 is 5.50. The first-order valence-corrected chi connectivity index (χ1v) is 4.75. The second kappa shape index (κ2) is 5.03. The summed E-state index contributed by atoms with van der Waals surface area (Å²) in [6.07, 6.45) is 4.65. The van der Waals surface area contributed by atoms with Gasteiger partial charge in [0, 0.05) is 5.88 Å². The van der Waals surface area contributed by atoms with Gasteiger partial charge in [-0.25, -0.2) is 4.39 Å². The van der Waals surface area contributed by atoms with Crippen LogP contribution in [0.15, 0.2) is 24.3 Å². The zero-order valence-electron chi connectivity index (χ0n) is 7.56. The standard InChI is InChI=1S/C11H12ClF/c1-9-6-10(4-2-3-5-12)8-11(13)7-9/h2,4,6-8H,3,5H2,1H3. The minimum Gasteiger partial charge on any atom is -0.207 e. The Morgan fingerprint density at radius 3 is 2.77 bits per heavy atom. The molecule has 0 atom stereocenters. The van der Waals surface area contributed by atoms with Crippen molar-refractivity contribution < 1.29 is 4.39 Å². The molecule has 0 unspecified atom stereocenters. The van der Waals surface area contributed by atoms with Gasteiger partial charge in [0.15, 0.2) is 0 Å². The summed E-state index contributed by atoms with van der Waals surface area (Å²) in [4.78, 5) is 0. The molecule has 0 saturated heterocycles. The van der Waals surface area contributed by atoms with Gasteiger partial charge in [-0.05, 0) is 36.6 Å². The number of rotatable bonds is 3. The van der Waals surface area contributed by atoms with Crippen LogP contribution in [-0.2, 0) is 0 Å². The molecule has 0 nitrogen and oxygen atoms in total. The molecule has 1 aromatic carbocycles. The van der Waals surface area contributed by atoms with Gasteiger partial charge in [-0.15, -0.1) is 11.6 Å². The summed E-state index contributed by atoms with van der Waals surface area (Å²) in [6.45, 7) is 1.88. The van der Waals surface area contributed by atoms with Crippen molar-refractivity contribution in [2.75, 3.05) is 5.88 Å². The monoisotopic (exact) mass is 198 g/mol. The van der Waals surface area contributed by atoms with E-state index >= 15 is 0 Å². The fraction of sp³-hybridized carbons (Fsp3) is 0.273. The van der Waals surface area contributed by atoms with Crippen LogP contribution in [0.5, 0.6) is 0 Å². The quantitative estimate of drug-likeness (QED) is 0.649. The van der Waals surface area contributed by atoms with Crippen LogP contribution in [-0.4, -0.2) is 5.88 Å². The van der Waals surface area contributed by atoms with Gasteiger partial charge in [0.05, 0.1) is 0 Å². The molecule has 0 bridgehead atoms. The second-order valence-electron chi connectivity index (χ2n) is 2.94. The number of allylic oxidation sites excluding steroid dienone is 1. The van der Waals surface area contributed by atoms with Crippen molar-refractivity contribution in [3.8, 4) is 0 Å². The lowest BCUT2D eigenvalue weighted by Gasteiger charge is -1.96. The van der Waals surface area contributed by atoms with Crippen LogP contribution < -0.4 is 0 Å². The highest BCUT2D eigenvalue weighted by atomic mass is 35.5. The minimum atomic E-state index is -0.189. The number of hydrogen-bond acceptors (Lipinski definition) is 0. The Balaban J connectivity index is 2.77. The van der Waals surface area contributed by atoms with E-state index < -0.39 is 0 Å². The van der Waals surface area contributed by atoms with E-state index in [2.05, 4.69) is 0 Å². The summed E-state index contributed by atoms with van der Waals surface area (Å²) in [6, 6.07) is 4.96. The molecular weight excluding hydrogens is 187 g/mol. The van der Waals surface area contributed by atoms with E-state index in [-0.39, 0.29) is 5.82 Å². The SMILES string of the molecule is Cc1cc(F)cc(C=CCCCl)c1. The highest BCUT2D eigenvalue weighted by Crippen LogP contribution is 2.10. The fourth-order valence-corrected chi connectivity index (χ4v) is 1.27. The van der Waals surface area contributed by atoms with E-state index in [4.69, 9.17) is 11.6 Å². The molecule has 0 heterocycles. The third kappa shape index (κ3) is 3.60. The van der Waals surface area contributed by atoms with Crippen molar-refractivity contribution in [1.29, 1.82) is 0 Å². The van der Waals surface area contributed by atoms with Gasteiger partial charge in [0.25, 0.3) is 0 Å². The molecule has 0 spiro atoms. The second-order valence-corrected chi connectivity index (χ2v) is 3.32. The number of benzene rings is 1. The van der Waals surface area contributed by atoms with Crippen molar-refractivity contribution in [3.05, 3.63) is 41.2 Å². The zero-order valence-corrected chi connectivity index (χ0v) is 8.31. The van der Waals surface area contributed by atoms with Crippen LogP contribution in [0.1, 0.15) is 17.5 Å². The van der Waals surface area contributed by atoms with E-state index in [9.17, 15) is 4.39 Å². The van der Waals surface area contributed by atoms with E-state index in [1.54, 1.807) is 0 Å². The van der Waals surface area contributed by atoms with Crippen molar-refractivity contribution in [2.45, 2.75) is 13.3 Å². The molecule has 0 aliphatic carbocycles. The van der Waals surface area contributed by atoms with Gasteiger partial charge in [0.1, 0.15) is 5.82 Å². The Morgan fingerprint density at radius 1 is 1.38 bits per heavy atom. The van der Waals surface area contributed by atoms with Crippen LogP contribution in [0, 0.1) is 12.7 Å². The summed E-state index contributed by atoms with van der Waals surface area (Å²) < 4.78 is 12.9. The van der Waals surface area contributed by atoms with Crippen LogP contribution in [0.2, 0.25) is 0 Å². The van der Waals surface area contributed by atoms with E-state index in [0.29, 0.717) is 5.88 Å². The molecule has 0 saturated carbocycles. The number of alkyl halides is 1. The number of hydrogen-bond donors (Lipinski definition) is 0. The lowest BCUT2D eigenvalue weighted by atomic mass is 10.1. The van der Waals surface area contributed by atoms with Crippen LogP contribution in [0.25, 0.3) is 6.08 Å². The largest absolute Gasteiger partial charge is 0.207 e. The summed E-state index contributed by atoms with van der Waals surface area (Å²) in [7, 11) is 0. The first kappa shape index (κ1) is 10.3. The van der Waals surface area contributed by atoms with Crippen LogP contribution in [0.3, 0.4) is 0 Å². The molecule has 2 heteroatoms. The van der Waals surface area contributed by atoms with Crippen molar-refractivity contribution in [2.24, 2.45) is 0 Å². The average molecular weight is 199 g/mol. The van der Waals surface area contributed by atoms with E-state index in [1.807, 2.05) is 25.1 Å². The maximum absolute atomic E-state index is 12.9. The Kier molecular flexibility index (Phi) is 3.97. The van der Waals surface area contributed by atoms with E-state index in [0.717, 1.165) is 17.5 Å². The molecule has 0 N–H and O–H groups in total. The maximum atomic E-state index is 12.9. The van der Waals surface area contributed by atoms with E-state index in [1.165, 1.54) is 12.1 Å². The van der Waals surface area contributed by atoms with Crippen molar-refractivity contribution in [1.82, 2.24) is 0 Å². The molecule has 0 radical (unpaired) electrons. The lowest BCUT2D eigenvalue weighted by Crippen LogP contribution is -1.80. The molecule has 0 aliphatic heterocycles. The molecule has 0 aliphatic rings. The molecule has 0 aromatic heterocycles. The first-order chi connectivity index (χ1) is 6.22. The lowest BCUT2D eigenvalue weighted by molar-refractivity contribution is 0.626. The molecule has 13 heavy (non-hydrogen) atoms. The molecule has 0 amide bonds. The predicted octanol–water partition coefficient (Wildman–Crippen LogP) is 3.78. The molecule has 70 valence electrons. The Labute approximate surface area is 83.0 Å². The summed E-state index contributed by atoms with van der Waals surface area (Å²) in [5.74, 6) is 0.413. The first-order valence-electron chi connectivity index (χ1n) is 4.22. The molecule has 1 rings (SSSR count). The third-order valence-corrected chi connectivity index (χ3v) is 1.87. The van der Waals surface area contributed by atoms with Crippen LogP contribution in [0.4, 0.5) is 4.39 Å². The predicted molar refractivity (Wildman–Crippen MR) is 55.5 cm³/mol.